The summed E-state index contributed by atoms with van der Waals surface area (Å²) >= 11 is 0. The molecule has 1 aliphatic carbocycles. The Morgan fingerprint density at radius 2 is 1.47 bits per heavy atom. The Hall–Kier alpha value is 0.120. The normalized spacial score (nSPS) is 27.6. The molecule has 51 heavy (non-hydrogen) atoms. The van der Waals surface area contributed by atoms with Crippen LogP contribution in [-0.2, 0) is 41.1 Å². The minimum atomic E-state index is -6.41. The number of nitro groups is 3. The molecule has 2 saturated heterocycles. The number of phosphoric acid groups is 3. The first-order chi connectivity index (χ1) is 21.6. The molecule has 4 heterocycles. The van der Waals surface area contributed by atoms with Crippen LogP contribution >= 0.6 is 23.5 Å². The smallest absolute Gasteiger partial charge is 0.790 e. The zero-order chi connectivity index (χ0) is 34.9. The number of hydrogen-bond donors (Lipinski definition) is 2. The second-order valence-electron chi connectivity index (χ2n) is 9.32. The summed E-state index contributed by atoms with van der Waals surface area (Å²) in [4.78, 5) is 98.9. The van der Waals surface area contributed by atoms with Crippen LogP contribution in [0.15, 0.2) is 34.7 Å². The van der Waals surface area contributed by atoms with Crippen LogP contribution in [-0.4, -0.2) is 71.0 Å². The SMILES string of the molecule is Nc1nc2c(ncn2[C@@H]2O[C@H](COP(=O)([O-])OP(=O)([O-])OP(=O)([O-])[O-])[C@H]3OC4(O[C@H]32)C([N+](=O)[O-])=CC([N+](=O)[O-])C=C4[N+](=O)[O-])c(=O)[nH]1.[Na+].[Na+].[Na+].[Na+]. The van der Waals surface area contributed by atoms with E-state index in [9.17, 15) is 68.4 Å². The molecule has 6 atom stereocenters. The number of rotatable bonds is 11. The van der Waals surface area contributed by atoms with Gasteiger partial charge in [-0.1, -0.05) is 0 Å². The summed E-state index contributed by atoms with van der Waals surface area (Å²) in [5, 5.41) is 35.5. The van der Waals surface area contributed by atoms with E-state index in [0.29, 0.717) is 12.2 Å². The second kappa shape index (κ2) is 17.9. The summed E-state index contributed by atoms with van der Waals surface area (Å²) in [6, 6.07) is -2.11. The molecule has 2 aromatic heterocycles. The Balaban J connectivity index is 0.00000325. The van der Waals surface area contributed by atoms with Crippen molar-refractivity contribution >= 4 is 40.6 Å². The van der Waals surface area contributed by atoms with Crippen molar-refractivity contribution in [3.05, 3.63) is 70.6 Å². The summed E-state index contributed by atoms with van der Waals surface area (Å²) < 4.78 is 63.2. The standard InChI is InChI=1S/C16H17N8O20P3.4Na/c17-15-19-12-9(13(25)20-15)18-4-21(12)14-11-10(6(40-14)3-39-46(35,36)44-47(37,38)43-45(32,33)34)41-16(42-11)7(23(28)29)1-5(22(26)27)2-8(16)24(30)31;;;;/h1-2,4-6,10-11,14H,3H2,(H,35,36)(H,37,38)(H2,32,33,34)(H3,17,19,20,25);;;;/q;4*+1/p-4/t5?,6-,10-,11-,14-,16?;;;;/m1..../s1. The minimum Gasteiger partial charge on any atom is -0.790 e. The number of hydrogen-bond acceptors (Lipinski definition) is 23. The Morgan fingerprint density at radius 3 is 1.98 bits per heavy atom. The number of nitrogens with one attached hydrogen (secondary N) is 1. The molecular formula is C16H13N8Na4O20P3. The van der Waals surface area contributed by atoms with Crippen LogP contribution in [0.4, 0.5) is 5.95 Å². The van der Waals surface area contributed by atoms with Crippen LogP contribution in [0.2, 0.25) is 0 Å². The maximum absolute atomic E-state index is 12.3. The Bertz CT molecular complexity index is 1940. The van der Waals surface area contributed by atoms with E-state index in [4.69, 9.17) is 19.9 Å². The molecule has 5 rings (SSSR count). The van der Waals surface area contributed by atoms with Crippen molar-refractivity contribution in [2.45, 2.75) is 36.4 Å². The van der Waals surface area contributed by atoms with Gasteiger partial charge in [0.25, 0.3) is 27.2 Å². The van der Waals surface area contributed by atoms with Crippen molar-refractivity contribution in [2.24, 2.45) is 0 Å². The van der Waals surface area contributed by atoms with Crippen LogP contribution in [0, 0.1) is 30.3 Å². The molecule has 2 unspecified atom stereocenters. The number of nitrogen functional groups attached to an aromatic ring is 1. The van der Waals surface area contributed by atoms with Crippen LogP contribution < -0.4 is 149 Å². The predicted molar refractivity (Wildman–Crippen MR) is 131 cm³/mol. The third-order valence-corrected chi connectivity index (χ3v) is 10.0. The van der Waals surface area contributed by atoms with Gasteiger partial charge < -0.3 is 48.6 Å². The van der Waals surface area contributed by atoms with Gasteiger partial charge in [-0.25, -0.2) is 9.29 Å². The van der Waals surface area contributed by atoms with E-state index in [0.717, 1.165) is 10.9 Å². The number of aromatic nitrogens is 4. The number of phosphoric ester groups is 1. The summed E-state index contributed by atoms with van der Waals surface area (Å²) in [7, 11) is -18.9. The Kier molecular flexibility index (Phi) is 17.3. The maximum atomic E-state index is 12.3. The zero-order valence-corrected chi connectivity index (χ0v) is 36.8. The van der Waals surface area contributed by atoms with Gasteiger partial charge in [0.2, 0.25) is 5.95 Å². The molecule has 0 bridgehead atoms. The van der Waals surface area contributed by atoms with Crippen molar-refractivity contribution in [1.29, 1.82) is 0 Å². The van der Waals surface area contributed by atoms with Gasteiger partial charge in [0.15, 0.2) is 17.4 Å². The molecular weight excluding hydrogens is 809 g/mol. The molecule has 0 saturated carbocycles. The van der Waals surface area contributed by atoms with Gasteiger partial charge >= 0.3 is 135 Å². The number of H-pyrrole nitrogens is 1. The number of aromatic amines is 1. The van der Waals surface area contributed by atoms with Crippen molar-refractivity contribution in [3.8, 4) is 0 Å². The van der Waals surface area contributed by atoms with E-state index < -0.39 is 104 Å². The summed E-state index contributed by atoms with van der Waals surface area (Å²) in [5.74, 6) is -3.59. The van der Waals surface area contributed by atoms with Crippen molar-refractivity contribution in [2.75, 3.05) is 12.3 Å². The van der Waals surface area contributed by atoms with E-state index >= 15 is 0 Å². The van der Waals surface area contributed by atoms with E-state index in [1.54, 1.807) is 0 Å². The number of nitrogens with two attached hydrogens (primary N) is 1. The average Bonchev–Trinajstić information content (AvgIpc) is 3.57. The number of anilines is 1. The first-order valence-electron chi connectivity index (χ1n) is 11.9. The fraction of sp³-hybridized carbons (Fsp3) is 0.438. The summed E-state index contributed by atoms with van der Waals surface area (Å²) in [5.41, 5.74) is 1.31. The van der Waals surface area contributed by atoms with Gasteiger partial charge in [-0.3, -0.25) is 58.1 Å². The largest absolute Gasteiger partial charge is 1.00 e. The average molecular weight is 822 g/mol. The second-order valence-corrected chi connectivity index (χ2v) is 13.6. The molecule has 2 aliphatic heterocycles. The van der Waals surface area contributed by atoms with Crippen LogP contribution in [0.1, 0.15) is 6.23 Å². The molecule has 3 N–H and O–H groups in total. The van der Waals surface area contributed by atoms with Gasteiger partial charge in [0.1, 0.15) is 18.3 Å². The van der Waals surface area contributed by atoms with E-state index in [1.165, 1.54) is 0 Å². The Morgan fingerprint density at radius 1 is 0.922 bits per heavy atom. The van der Waals surface area contributed by atoms with Crippen LogP contribution in [0.25, 0.3) is 11.2 Å². The van der Waals surface area contributed by atoms with Gasteiger partial charge in [0.05, 0.1) is 42.8 Å². The molecule has 3 aliphatic rings. The quantitative estimate of drug-likeness (QED) is 0.0919. The molecule has 0 amide bonds. The Labute approximate surface area is 368 Å². The van der Waals surface area contributed by atoms with Crippen molar-refractivity contribution in [3.63, 3.8) is 0 Å². The molecule has 256 valence electrons. The third-order valence-electron chi connectivity index (χ3n) is 6.38. The van der Waals surface area contributed by atoms with Crippen LogP contribution in [0.5, 0.6) is 0 Å². The molecule has 2 fully saturated rings. The maximum Gasteiger partial charge on any atom is 1.00 e. The van der Waals surface area contributed by atoms with Gasteiger partial charge in [0, 0.05) is 4.92 Å². The van der Waals surface area contributed by atoms with Crippen molar-refractivity contribution in [1.82, 2.24) is 19.5 Å². The number of fused-ring (bicyclic) bond motifs is 2. The number of ether oxygens (including phenoxy) is 3. The fourth-order valence-electron chi connectivity index (χ4n) is 4.77. The first-order valence-corrected chi connectivity index (χ1v) is 16.3. The van der Waals surface area contributed by atoms with Crippen molar-refractivity contribution < 1.29 is 194 Å². The monoisotopic (exact) mass is 822 g/mol. The topological polar surface area (TPSA) is 418 Å². The van der Waals surface area contributed by atoms with Gasteiger partial charge in [-0.2, -0.15) is 4.98 Å². The van der Waals surface area contributed by atoms with E-state index in [2.05, 4.69) is 28.1 Å². The molecule has 1 spiro atoms. The van der Waals surface area contributed by atoms with E-state index in [-0.39, 0.29) is 129 Å². The fourth-order valence-corrected chi connectivity index (χ4v) is 7.64. The van der Waals surface area contributed by atoms with E-state index in [1.807, 2.05) is 0 Å². The van der Waals surface area contributed by atoms with Gasteiger partial charge in [-0.15, -0.1) is 0 Å². The number of imidazole rings is 1. The summed E-state index contributed by atoms with van der Waals surface area (Å²) in [6.07, 6.45) is -5.64. The zero-order valence-electron chi connectivity index (χ0n) is 26.1. The molecule has 28 nitrogen and oxygen atoms in total. The first kappa shape index (κ1) is 49.1. The minimum absolute atomic E-state index is 0. The molecule has 2 aromatic rings. The van der Waals surface area contributed by atoms with Gasteiger partial charge in [-0.05, 0) is 0 Å². The number of nitrogens with zero attached hydrogens (tertiary/aromatic N) is 6. The van der Waals surface area contributed by atoms with Crippen LogP contribution in [0.3, 0.4) is 0 Å². The molecule has 35 heteroatoms. The molecule has 0 aromatic carbocycles. The predicted octanol–water partition coefficient (Wildman–Crippen LogP) is -16.1. The summed E-state index contributed by atoms with van der Waals surface area (Å²) in [6.45, 7) is -1.38. The third kappa shape index (κ3) is 10.5. The molecule has 0 radical (unpaired) electrons.